The van der Waals surface area contributed by atoms with Gasteiger partial charge in [0.15, 0.2) is 0 Å². The van der Waals surface area contributed by atoms with Crippen LogP contribution in [0.25, 0.3) is 0 Å². The van der Waals surface area contributed by atoms with Crippen LogP contribution < -0.4 is 10.2 Å². The molecule has 2 amide bonds. The summed E-state index contributed by atoms with van der Waals surface area (Å²) >= 11 is 0. The van der Waals surface area contributed by atoms with Gasteiger partial charge < -0.3 is 20.2 Å². The second-order valence-corrected chi connectivity index (χ2v) is 10.2. The number of nitrogens with one attached hydrogen (secondary N) is 1. The van der Waals surface area contributed by atoms with Crippen LogP contribution in [-0.4, -0.2) is 96.1 Å². The molecule has 0 aromatic heterocycles. The Balaban J connectivity index is 1.14. The number of anilines is 1. The molecule has 0 bridgehead atoms. The van der Waals surface area contributed by atoms with E-state index in [0.717, 1.165) is 51.1 Å². The second-order valence-electron chi connectivity index (χ2n) is 10.2. The van der Waals surface area contributed by atoms with Gasteiger partial charge in [-0.15, -0.1) is 0 Å². The predicted molar refractivity (Wildman–Crippen MR) is 140 cm³/mol. The molecular formula is C28H37N5O3. The third-order valence-corrected chi connectivity index (χ3v) is 8.12. The molecule has 8 heteroatoms. The Morgan fingerprint density at radius 3 is 2.44 bits per heavy atom. The number of nitrogens with zero attached hydrogens (tertiary/aromatic N) is 4. The Hall–Kier alpha value is -3.10. The van der Waals surface area contributed by atoms with Gasteiger partial charge in [-0.2, -0.15) is 0 Å². The minimum atomic E-state index is -0.199. The van der Waals surface area contributed by atoms with E-state index >= 15 is 0 Å². The summed E-state index contributed by atoms with van der Waals surface area (Å²) in [7, 11) is 2.11. The van der Waals surface area contributed by atoms with E-state index in [0.29, 0.717) is 19.5 Å². The van der Waals surface area contributed by atoms with Crippen LogP contribution in [0.4, 0.5) is 5.69 Å². The maximum Gasteiger partial charge on any atom is 0.239 e. The number of amides is 2. The number of hydrogen-bond acceptors (Lipinski definition) is 6. The smallest absolute Gasteiger partial charge is 0.239 e. The first-order valence-electron chi connectivity index (χ1n) is 13.1. The quantitative estimate of drug-likeness (QED) is 0.643. The fourth-order valence-electron chi connectivity index (χ4n) is 5.96. The third-order valence-electron chi connectivity index (χ3n) is 8.12. The van der Waals surface area contributed by atoms with Crippen molar-refractivity contribution >= 4 is 17.5 Å². The maximum atomic E-state index is 13.1. The number of piperazine rings is 1. The monoisotopic (exact) mass is 491 g/mol. The number of carbonyl (C=O) groups excluding carboxylic acids is 2. The van der Waals surface area contributed by atoms with Crippen LogP contribution in [-0.2, 0) is 16.1 Å². The van der Waals surface area contributed by atoms with E-state index in [9.17, 15) is 14.7 Å². The van der Waals surface area contributed by atoms with Gasteiger partial charge in [0.1, 0.15) is 11.8 Å². The van der Waals surface area contributed by atoms with Crippen molar-refractivity contribution in [3.05, 3.63) is 60.2 Å². The highest BCUT2D eigenvalue weighted by Gasteiger charge is 2.45. The topological polar surface area (TPSA) is 79.4 Å². The highest BCUT2D eigenvalue weighted by atomic mass is 16.3. The first kappa shape index (κ1) is 24.6. The molecule has 3 aliphatic heterocycles. The summed E-state index contributed by atoms with van der Waals surface area (Å²) in [5.74, 6) is 0.540. The average Bonchev–Trinajstić information content (AvgIpc) is 3.28. The Morgan fingerprint density at radius 1 is 1.00 bits per heavy atom. The summed E-state index contributed by atoms with van der Waals surface area (Å²) in [4.78, 5) is 35.0. The molecule has 2 aromatic carbocycles. The lowest BCUT2D eigenvalue weighted by Crippen LogP contribution is -2.50. The number of benzene rings is 2. The van der Waals surface area contributed by atoms with E-state index in [1.165, 1.54) is 5.69 Å². The van der Waals surface area contributed by atoms with Gasteiger partial charge >= 0.3 is 0 Å². The van der Waals surface area contributed by atoms with Crippen molar-refractivity contribution in [2.24, 2.45) is 0 Å². The van der Waals surface area contributed by atoms with Crippen LogP contribution in [0.15, 0.2) is 54.6 Å². The Morgan fingerprint density at radius 2 is 1.72 bits per heavy atom. The van der Waals surface area contributed by atoms with Gasteiger partial charge in [0.25, 0.3) is 0 Å². The first-order valence-corrected chi connectivity index (χ1v) is 13.1. The normalized spacial score (nSPS) is 25.4. The molecule has 36 heavy (non-hydrogen) atoms. The summed E-state index contributed by atoms with van der Waals surface area (Å²) in [6, 6.07) is 17.7. The Kier molecular flexibility index (Phi) is 7.43. The van der Waals surface area contributed by atoms with Crippen molar-refractivity contribution in [1.82, 2.24) is 20.0 Å². The summed E-state index contributed by atoms with van der Waals surface area (Å²) < 4.78 is 0. The minimum absolute atomic E-state index is 0.0778. The fourth-order valence-corrected chi connectivity index (χ4v) is 5.96. The number of phenolic OH excluding ortho intramolecular Hbond substituents is 1. The summed E-state index contributed by atoms with van der Waals surface area (Å²) in [5.41, 5.74) is 2.30. The van der Waals surface area contributed by atoms with Crippen LogP contribution in [0.5, 0.6) is 5.75 Å². The van der Waals surface area contributed by atoms with Gasteiger partial charge in [0, 0.05) is 70.0 Å². The Bertz CT molecular complexity index is 1040. The van der Waals surface area contributed by atoms with Gasteiger partial charge in [0.05, 0.1) is 0 Å². The van der Waals surface area contributed by atoms with Crippen molar-refractivity contribution in [2.45, 2.75) is 43.9 Å². The molecule has 3 unspecified atom stereocenters. The maximum absolute atomic E-state index is 13.1. The summed E-state index contributed by atoms with van der Waals surface area (Å²) in [6.07, 6.45) is 2.18. The lowest BCUT2D eigenvalue weighted by Gasteiger charge is -2.37. The molecule has 0 saturated carbocycles. The molecule has 3 aliphatic rings. The van der Waals surface area contributed by atoms with E-state index < -0.39 is 0 Å². The molecule has 0 radical (unpaired) electrons. The highest BCUT2D eigenvalue weighted by Crippen LogP contribution is 2.29. The largest absolute Gasteiger partial charge is 0.508 e. The van der Waals surface area contributed by atoms with Crippen molar-refractivity contribution in [2.75, 3.05) is 51.2 Å². The van der Waals surface area contributed by atoms with E-state index in [1.807, 2.05) is 23.1 Å². The molecular weight excluding hydrogens is 454 g/mol. The number of likely N-dealkylation sites (N-methyl/N-ethyl adjacent to an activating group) is 1. The number of likely N-dealkylation sites (tertiary alicyclic amines) is 1. The number of fused-ring (bicyclic) bond motifs is 1. The lowest BCUT2D eigenvalue weighted by molar-refractivity contribution is -0.132. The van der Waals surface area contributed by atoms with E-state index in [-0.39, 0.29) is 35.7 Å². The van der Waals surface area contributed by atoms with Gasteiger partial charge in [0.2, 0.25) is 11.8 Å². The highest BCUT2D eigenvalue weighted by molar-refractivity contribution is 5.83. The van der Waals surface area contributed by atoms with Crippen molar-refractivity contribution in [3.8, 4) is 5.75 Å². The Labute approximate surface area is 213 Å². The number of hydrogen-bond donors (Lipinski definition) is 2. The first-order chi connectivity index (χ1) is 17.5. The molecule has 0 aliphatic carbocycles. The summed E-state index contributed by atoms with van der Waals surface area (Å²) in [5, 5.41) is 12.7. The van der Waals surface area contributed by atoms with Crippen molar-refractivity contribution in [1.29, 1.82) is 0 Å². The molecule has 3 saturated heterocycles. The second kappa shape index (κ2) is 10.9. The number of phenols is 1. The molecule has 3 atom stereocenters. The van der Waals surface area contributed by atoms with Crippen LogP contribution in [0.3, 0.4) is 0 Å². The average molecular weight is 492 g/mol. The van der Waals surface area contributed by atoms with Gasteiger partial charge in [-0.25, -0.2) is 0 Å². The summed E-state index contributed by atoms with van der Waals surface area (Å²) in [6.45, 7) is 5.33. The standard InChI is InChI=1S/C28H37N5O3/c1-30-23(9-12-26(35)32-17-15-31(16-18-32)22-5-3-2-4-6-22)19-29-28(36)27-25(30)13-14-33(27)20-21-7-10-24(34)11-8-21/h2-8,10-11,23,25,27,34H,9,12-20H2,1H3,(H,29,36). The molecule has 5 rings (SSSR count). The van der Waals surface area contributed by atoms with Crippen molar-refractivity contribution < 1.29 is 14.7 Å². The number of para-hydroxylation sites is 1. The fraction of sp³-hybridized carbons (Fsp3) is 0.500. The van der Waals surface area contributed by atoms with Crippen LogP contribution in [0.2, 0.25) is 0 Å². The zero-order valence-corrected chi connectivity index (χ0v) is 21.1. The van der Waals surface area contributed by atoms with Crippen LogP contribution >= 0.6 is 0 Å². The lowest BCUT2D eigenvalue weighted by atomic mass is 10.0. The molecule has 8 nitrogen and oxygen atoms in total. The third kappa shape index (κ3) is 5.34. The van der Waals surface area contributed by atoms with Crippen LogP contribution in [0, 0.1) is 0 Å². The van der Waals surface area contributed by atoms with E-state index in [1.54, 1.807) is 12.1 Å². The van der Waals surface area contributed by atoms with Gasteiger partial charge in [-0.05, 0) is 49.7 Å². The molecule has 2 aromatic rings. The zero-order chi connectivity index (χ0) is 25.1. The number of aromatic hydroxyl groups is 1. The predicted octanol–water partition coefficient (Wildman–Crippen LogP) is 1.89. The van der Waals surface area contributed by atoms with E-state index in [2.05, 4.69) is 51.3 Å². The molecule has 192 valence electrons. The number of carbonyl (C=O) groups is 2. The zero-order valence-electron chi connectivity index (χ0n) is 21.1. The van der Waals surface area contributed by atoms with Gasteiger partial charge in [-0.1, -0.05) is 30.3 Å². The number of rotatable bonds is 6. The van der Waals surface area contributed by atoms with Crippen molar-refractivity contribution in [3.63, 3.8) is 0 Å². The molecule has 3 heterocycles. The minimum Gasteiger partial charge on any atom is -0.508 e. The molecule has 2 N–H and O–H groups in total. The van der Waals surface area contributed by atoms with Gasteiger partial charge in [-0.3, -0.25) is 19.4 Å². The molecule has 3 fully saturated rings. The SMILES string of the molecule is CN1C(CCC(=O)N2CCN(c3ccccc3)CC2)CNC(=O)C2C1CCN2Cc1ccc(O)cc1. The molecule has 0 spiro atoms. The van der Waals surface area contributed by atoms with E-state index in [4.69, 9.17) is 0 Å². The van der Waals surface area contributed by atoms with Crippen LogP contribution in [0.1, 0.15) is 24.8 Å².